The molecule has 1 aliphatic rings. The van der Waals surface area contributed by atoms with E-state index < -0.39 is 33.4 Å². The van der Waals surface area contributed by atoms with Crippen molar-refractivity contribution in [2.45, 2.75) is 131 Å². The minimum atomic E-state index is -2.06. The maximum Gasteiger partial charge on any atom is 0.417 e. The second-order valence-electron chi connectivity index (χ2n) is 14.3. The van der Waals surface area contributed by atoms with Gasteiger partial charge in [-0.2, -0.15) is 4.79 Å². The Bertz CT molecular complexity index is 871. The summed E-state index contributed by atoms with van der Waals surface area (Å²) in [6, 6.07) is 0. The van der Waals surface area contributed by atoms with Crippen LogP contribution in [0.1, 0.15) is 80.1 Å². The van der Waals surface area contributed by atoms with E-state index in [2.05, 4.69) is 51.0 Å². The van der Waals surface area contributed by atoms with Gasteiger partial charge in [0.05, 0.1) is 20.8 Å². The van der Waals surface area contributed by atoms with Crippen molar-refractivity contribution < 1.29 is 28.3 Å². The van der Waals surface area contributed by atoms with Gasteiger partial charge in [-0.15, -0.1) is 0 Å². The topological polar surface area (TPSA) is 101 Å². The van der Waals surface area contributed by atoms with E-state index in [-0.39, 0.29) is 29.9 Å². The van der Waals surface area contributed by atoms with Crippen LogP contribution in [0.25, 0.3) is 5.53 Å². The highest BCUT2D eigenvalue weighted by Gasteiger charge is 2.60. The van der Waals surface area contributed by atoms with Gasteiger partial charge in [-0.05, 0) is 91.8 Å². The summed E-state index contributed by atoms with van der Waals surface area (Å²) in [7, 11) is -3.63. The summed E-state index contributed by atoms with van der Waals surface area (Å²) in [6.07, 6.45) is 5.19. The van der Waals surface area contributed by atoms with E-state index in [1.165, 1.54) is 0 Å². The SMILES string of the molecule is CCOC(=O)C(=[N+]=[N-])C1(C)CCC[C@@](CC)(CCCN(C[Si](C)(C)C)C(=O)OC(C)(C)C)C1O[Si](C)(C)C. The van der Waals surface area contributed by atoms with Gasteiger partial charge in [-0.1, -0.05) is 33.0 Å². The lowest BCUT2D eigenvalue weighted by Crippen LogP contribution is -2.59. The average Bonchev–Trinajstić information content (AvgIpc) is 2.73. The Labute approximate surface area is 233 Å². The number of nitrogens with zero attached hydrogens (tertiary/aromatic N) is 3. The smallest absolute Gasteiger partial charge is 0.417 e. The van der Waals surface area contributed by atoms with Gasteiger partial charge in [-0.3, -0.25) is 0 Å². The summed E-state index contributed by atoms with van der Waals surface area (Å²) in [5.74, 6) is -0.584. The largest absolute Gasteiger partial charge is 0.457 e. The standard InChI is InChI=1S/C28H55N3O5Si2/c1-13-28(19-16-20-31(21-37(7,8)9)25(33)35-26(3,4)5)18-15-17-27(6,24(28)36-38(10,11)12)22(30-29)23(32)34-14-2/h24H,13-21H2,1-12H3/t24?,27?,28-/m0/s1. The number of carbonyl (C=O) groups excluding carboxylic acids is 2. The van der Waals surface area contributed by atoms with Crippen LogP contribution in [0.3, 0.4) is 0 Å². The second kappa shape index (κ2) is 13.2. The summed E-state index contributed by atoms with van der Waals surface area (Å²) in [5, 5.41) is 0. The van der Waals surface area contributed by atoms with Crippen molar-refractivity contribution in [2.24, 2.45) is 10.8 Å². The van der Waals surface area contributed by atoms with E-state index in [0.717, 1.165) is 38.3 Å². The molecule has 2 unspecified atom stereocenters. The van der Waals surface area contributed by atoms with Gasteiger partial charge in [0.15, 0.2) is 8.32 Å². The predicted molar refractivity (Wildman–Crippen MR) is 159 cm³/mol. The molecule has 0 aromatic rings. The Hall–Kier alpha value is -1.49. The predicted octanol–water partition coefficient (Wildman–Crippen LogP) is 6.92. The average molecular weight is 570 g/mol. The Kier molecular flexibility index (Phi) is 12.0. The molecule has 0 heterocycles. The molecule has 1 saturated carbocycles. The number of rotatable bonds is 12. The van der Waals surface area contributed by atoms with E-state index >= 15 is 0 Å². The normalized spacial score (nSPS) is 24.4. The fraction of sp³-hybridized carbons (Fsp3) is 0.893. The quantitative estimate of drug-likeness (QED) is 0.0834. The molecular weight excluding hydrogens is 514 g/mol. The number of hydrogen-bond acceptors (Lipinski definition) is 5. The summed E-state index contributed by atoms with van der Waals surface area (Å²) in [5.41, 5.74) is 8.49. The first kappa shape index (κ1) is 34.5. The van der Waals surface area contributed by atoms with Gasteiger partial charge in [0, 0.05) is 12.7 Å². The van der Waals surface area contributed by atoms with Crippen LogP contribution in [0.15, 0.2) is 0 Å². The molecule has 1 aliphatic carbocycles. The van der Waals surface area contributed by atoms with E-state index in [0.29, 0.717) is 13.0 Å². The van der Waals surface area contributed by atoms with Crippen LogP contribution in [0, 0.1) is 10.8 Å². The molecule has 38 heavy (non-hydrogen) atoms. The zero-order chi connectivity index (χ0) is 29.6. The molecule has 0 bridgehead atoms. The lowest BCUT2D eigenvalue weighted by Gasteiger charge is -2.53. The van der Waals surface area contributed by atoms with Crippen molar-refractivity contribution in [1.29, 1.82) is 0 Å². The van der Waals surface area contributed by atoms with Crippen molar-refractivity contribution in [3.8, 4) is 0 Å². The van der Waals surface area contributed by atoms with Crippen LogP contribution in [0.5, 0.6) is 0 Å². The van der Waals surface area contributed by atoms with Crippen molar-refractivity contribution in [3.63, 3.8) is 0 Å². The Morgan fingerprint density at radius 2 is 1.68 bits per heavy atom. The molecule has 3 atom stereocenters. The van der Waals surface area contributed by atoms with Crippen LogP contribution >= 0.6 is 0 Å². The maximum atomic E-state index is 13.1. The molecule has 10 heteroatoms. The number of hydrogen-bond donors (Lipinski definition) is 0. The van der Waals surface area contributed by atoms with Crippen molar-refractivity contribution >= 4 is 34.2 Å². The van der Waals surface area contributed by atoms with Crippen LogP contribution in [0.4, 0.5) is 4.79 Å². The molecule has 0 saturated heterocycles. The molecule has 8 nitrogen and oxygen atoms in total. The van der Waals surface area contributed by atoms with Gasteiger partial charge < -0.3 is 24.3 Å². The number of amides is 1. The molecule has 0 aromatic carbocycles. The number of ether oxygens (including phenoxy) is 2. The van der Waals surface area contributed by atoms with Crippen molar-refractivity contribution in [3.05, 3.63) is 5.53 Å². The highest BCUT2D eigenvalue weighted by Crippen LogP contribution is 2.54. The molecule has 0 aromatic heterocycles. The zero-order valence-corrected chi connectivity index (χ0v) is 28.3. The lowest BCUT2D eigenvalue weighted by molar-refractivity contribution is -0.146. The Morgan fingerprint density at radius 3 is 2.13 bits per heavy atom. The second-order valence-corrected chi connectivity index (χ2v) is 24.2. The lowest BCUT2D eigenvalue weighted by atomic mass is 9.56. The molecule has 0 aliphatic heterocycles. The van der Waals surface area contributed by atoms with Gasteiger partial charge in [-0.25, -0.2) is 9.59 Å². The summed E-state index contributed by atoms with van der Waals surface area (Å²) in [6.45, 7) is 25.7. The molecule has 1 amide bonds. The van der Waals surface area contributed by atoms with Crippen LogP contribution in [-0.4, -0.2) is 74.9 Å². The molecule has 0 N–H and O–H groups in total. The van der Waals surface area contributed by atoms with E-state index in [4.69, 9.17) is 13.9 Å². The molecule has 1 rings (SSSR count). The number of carbonyl (C=O) groups is 2. The minimum Gasteiger partial charge on any atom is -0.457 e. The van der Waals surface area contributed by atoms with E-state index in [1.54, 1.807) is 6.92 Å². The molecule has 0 spiro atoms. The summed E-state index contributed by atoms with van der Waals surface area (Å²) < 4.78 is 17.9. The third kappa shape index (κ3) is 9.92. The molecule has 0 radical (unpaired) electrons. The van der Waals surface area contributed by atoms with Gasteiger partial charge >= 0.3 is 17.8 Å². The van der Waals surface area contributed by atoms with Crippen LogP contribution in [-0.2, 0) is 18.7 Å². The van der Waals surface area contributed by atoms with Crippen LogP contribution < -0.4 is 0 Å². The van der Waals surface area contributed by atoms with Gasteiger partial charge in [0.1, 0.15) is 11.0 Å². The molecule has 220 valence electrons. The van der Waals surface area contributed by atoms with E-state index in [9.17, 15) is 15.1 Å². The highest BCUT2D eigenvalue weighted by molar-refractivity contribution is 6.76. The highest BCUT2D eigenvalue weighted by atomic mass is 28.4. The third-order valence-corrected chi connectivity index (χ3v) is 9.48. The number of esters is 1. The monoisotopic (exact) mass is 569 g/mol. The van der Waals surface area contributed by atoms with Crippen molar-refractivity contribution in [1.82, 2.24) is 4.90 Å². The van der Waals surface area contributed by atoms with Crippen LogP contribution in [0.2, 0.25) is 39.3 Å². The Morgan fingerprint density at radius 1 is 1.08 bits per heavy atom. The fourth-order valence-corrected chi connectivity index (χ4v) is 8.39. The van der Waals surface area contributed by atoms with Gasteiger partial charge in [0.25, 0.3) is 0 Å². The zero-order valence-electron chi connectivity index (χ0n) is 26.3. The summed E-state index contributed by atoms with van der Waals surface area (Å²) >= 11 is 0. The molecular formula is C28H55N3O5Si2. The first-order valence-electron chi connectivity index (χ1n) is 14.3. The fourth-order valence-electron chi connectivity index (χ4n) is 5.74. The first-order chi connectivity index (χ1) is 17.2. The summed E-state index contributed by atoms with van der Waals surface area (Å²) in [4.78, 5) is 31.4. The minimum absolute atomic E-state index is 0.0502. The third-order valence-electron chi connectivity index (χ3n) is 7.21. The first-order valence-corrected chi connectivity index (χ1v) is 21.4. The van der Waals surface area contributed by atoms with Gasteiger partial charge in [0.2, 0.25) is 0 Å². The van der Waals surface area contributed by atoms with E-state index in [1.807, 2.05) is 32.6 Å². The molecule has 1 fully saturated rings. The Balaban J connectivity index is 3.37. The van der Waals surface area contributed by atoms with Crippen molar-refractivity contribution in [2.75, 3.05) is 19.3 Å². The maximum absolute atomic E-state index is 13.1.